The molecule has 0 spiro atoms. The lowest BCUT2D eigenvalue weighted by Crippen LogP contribution is -2.65. The van der Waals surface area contributed by atoms with Gasteiger partial charge in [0, 0.05) is 65.2 Å². The number of fused-ring (bicyclic) bond motifs is 3. The zero-order valence-corrected chi connectivity index (χ0v) is 36.6. The van der Waals surface area contributed by atoms with Gasteiger partial charge in [-0.05, 0) is 24.5 Å². The topological polar surface area (TPSA) is 264 Å². The van der Waals surface area contributed by atoms with Crippen molar-refractivity contribution in [2.24, 2.45) is 0 Å². The van der Waals surface area contributed by atoms with Crippen molar-refractivity contribution >= 4 is 53.5 Å². The molecular weight excluding hydrogens is 864 g/mol. The second-order valence-electron chi connectivity index (χ2n) is 15.0. The van der Waals surface area contributed by atoms with Crippen molar-refractivity contribution in [1.82, 2.24) is 0 Å². The zero-order chi connectivity index (χ0) is 47.5. The maximum Gasteiger partial charge on any atom is 0.338 e. The van der Waals surface area contributed by atoms with Gasteiger partial charge in [0.1, 0.15) is 18.8 Å². The Morgan fingerprint density at radius 3 is 1.43 bits per heavy atom. The molecule has 65 heavy (non-hydrogen) atoms. The molecule has 1 aliphatic carbocycles. The van der Waals surface area contributed by atoms with E-state index in [1.54, 1.807) is 42.5 Å². The van der Waals surface area contributed by atoms with Crippen molar-refractivity contribution in [3.63, 3.8) is 0 Å². The van der Waals surface area contributed by atoms with E-state index in [1.165, 1.54) is 0 Å². The highest BCUT2D eigenvalue weighted by Gasteiger charge is 2.55. The monoisotopic (exact) mass is 914 g/mol. The maximum absolute atomic E-state index is 13.2. The first-order valence-corrected chi connectivity index (χ1v) is 20.5. The highest BCUT2D eigenvalue weighted by molar-refractivity contribution is 6.24. The molecule has 2 heterocycles. The summed E-state index contributed by atoms with van der Waals surface area (Å²) in [6.07, 6.45) is -14.8. The summed E-state index contributed by atoms with van der Waals surface area (Å²) in [4.78, 5) is 112. The summed E-state index contributed by atoms with van der Waals surface area (Å²) in [6, 6.07) is 11.8. The molecule has 5 rings (SSSR count). The number of unbranched alkanes of at least 4 members (excludes halogenated alkanes) is 1. The van der Waals surface area contributed by atoms with Crippen LogP contribution >= 0.6 is 0 Å². The van der Waals surface area contributed by atoms with Gasteiger partial charge < -0.3 is 56.8 Å². The summed E-state index contributed by atoms with van der Waals surface area (Å²) in [7, 11) is 0. The van der Waals surface area contributed by atoms with Gasteiger partial charge >= 0.3 is 47.8 Å². The van der Waals surface area contributed by atoms with Crippen LogP contribution in [0.5, 0.6) is 0 Å². The molecule has 0 radical (unpaired) electrons. The van der Waals surface area contributed by atoms with E-state index in [4.69, 9.17) is 56.8 Å². The minimum atomic E-state index is -1.69. The highest BCUT2D eigenvalue weighted by atomic mass is 16.8. The minimum Gasteiger partial charge on any atom is -0.463 e. The summed E-state index contributed by atoms with van der Waals surface area (Å²) in [5.74, 6) is -6.81. The van der Waals surface area contributed by atoms with Crippen LogP contribution in [0.25, 0.3) is 11.1 Å². The summed E-state index contributed by atoms with van der Waals surface area (Å²) in [5, 5.41) is 0. The Morgan fingerprint density at radius 2 is 0.908 bits per heavy atom. The number of rotatable bonds is 18. The zero-order valence-electron chi connectivity index (χ0n) is 36.6. The number of benzene rings is 2. The van der Waals surface area contributed by atoms with E-state index in [2.05, 4.69) is 0 Å². The van der Waals surface area contributed by atoms with Crippen LogP contribution < -0.4 is 0 Å². The van der Waals surface area contributed by atoms with E-state index >= 15 is 0 Å². The van der Waals surface area contributed by atoms with E-state index in [-0.39, 0.29) is 37.4 Å². The van der Waals surface area contributed by atoms with Crippen LogP contribution in [0.4, 0.5) is 0 Å². The van der Waals surface area contributed by atoms with Crippen LogP contribution in [-0.4, -0.2) is 141 Å². The SMILES string of the molecule is CC(=O)OC[C@H]1O[C@H](OC[C@H]2O[C@H](OCCCCOC(=O)c3cccc4c3-c3ccccc3C4=O)[C@H](OC(C)=O)[C@@H](OC(C)=O)[C@@H]2OC(C)=O)[C@H](OC(C)=O)[C@@H](OC(C)=O)[C@@H]1OC(C)=O. The predicted octanol–water partition coefficient (Wildman–Crippen LogP) is 2.47. The summed E-state index contributed by atoms with van der Waals surface area (Å²) in [6.45, 7) is 6.08. The third kappa shape index (κ3) is 12.9. The molecule has 352 valence electrons. The van der Waals surface area contributed by atoms with Gasteiger partial charge in [-0.1, -0.05) is 36.4 Å². The molecule has 10 atom stereocenters. The molecule has 2 aliphatic heterocycles. The Labute approximate surface area is 372 Å². The number of carbonyl (C=O) groups excluding carboxylic acids is 9. The maximum atomic E-state index is 13.2. The van der Waals surface area contributed by atoms with Crippen LogP contribution in [0.1, 0.15) is 87.6 Å². The molecule has 0 N–H and O–H groups in total. The normalized spacial score (nSPS) is 25.4. The number of carbonyl (C=O) groups is 9. The smallest absolute Gasteiger partial charge is 0.338 e. The first-order valence-electron chi connectivity index (χ1n) is 20.5. The molecule has 2 fully saturated rings. The van der Waals surface area contributed by atoms with Crippen LogP contribution in [-0.2, 0) is 90.4 Å². The van der Waals surface area contributed by atoms with Gasteiger partial charge in [-0.25, -0.2) is 4.79 Å². The molecule has 0 bridgehead atoms. The Hall–Kier alpha value is -6.29. The standard InChI is InChI=1S/C44H50O21/c1-21(45)56-19-32-36(58-22(2)46)39(61-25(5)49)41(63-27(7)51)44(65-32)57-20-33-37(59-23(3)47)38(60-24(4)48)40(62-26(6)50)43(64-33)55-18-11-10-17-54-42(53)31-16-12-15-30-34(31)28-13-8-9-14-29(28)35(30)52/h8-9,12-16,32-33,36-41,43-44H,10-11,17-20H2,1-7H3/t32-,33-,36-,37-,38+,39+,40-,41-,43+,44+/m1/s1. The highest BCUT2D eigenvalue weighted by Crippen LogP contribution is 2.39. The summed E-state index contributed by atoms with van der Waals surface area (Å²) < 4.78 is 67.9. The fourth-order valence-corrected chi connectivity index (χ4v) is 7.53. The molecule has 2 aromatic carbocycles. The molecule has 3 aliphatic rings. The fraction of sp³-hybridized carbons (Fsp3) is 0.523. The predicted molar refractivity (Wildman–Crippen MR) is 214 cm³/mol. The van der Waals surface area contributed by atoms with Gasteiger partial charge in [-0.2, -0.15) is 0 Å². The lowest BCUT2D eigenvalue weighted by molar-refractivity contribution is -0.334. The largest absolute Gasteiger partial charge is 0.463 e. The Kier molecular flexibility index (Phi) is 17.3. The number of hydrogen-bond acceptors (Lipinski definition) is 21. The van der Waals surface area contributed by atoms with Crippen molar-refractivity contribution in [2.45, 2.75) is 123 Å². The van der Waals surface area contributed by atoms with Crippen molar-refractivity contribution < 1.29 is 100.0 Å². The second kappa shape index (κ2) is 22.6. The molecule has 0 amide bonds. The number of ketones is 1. The van der Waals surface area contributed by atoms with Crippen LogP contribution in [0.2, 0.25) is 0 Å². The Bertz CT molecular complexity index is 2130. The van der Waals surface area contributed by atoms with Crippen molar-refractivity contribution in [1.29, 1.82) is 0 Å². The first kappa shape index (κ1) is 49.7. The van der Waals surface area contributed by atoms with E-state index in [0.29, 0.717) is 22.3 Å². The van der Waals surface area contributed by atoms with Crippen LogP contribution in [0, 0.1) is 0 Å². The second-order valence-corrected chi connectivity index (χ2v) is 15.0. The van der Waals surface area contributed by atoms with Gasteiger partial charge in [-0.15, -0.1) is 0 Å². The molecule has 21 heteroatoms. The van der Waals surface area contributed by atoms with E-state index < -0.39 is 122 Å². The quantitative estimate of drug-likeness (QED) is 0.101. The number of ether oxygens (including phenoxy) is 12. The molecule has 2 saturated heterocycles. The molecule has 0 aromatic heterocycles. The molecule has 0 unspecified atom stereocenters. The number of hydrogen-bond donors (Lipinski definition) is 0. The van der Waals surface area contributed by atoms with E-state index in [1.807, 2.05) is 0 Å². The third-order valence-corrected chi connectivity index (χ3v) is 9.89. The lowest BCUT2D eigenvalue weighted by Gasteiger charge is -2.46. The number of esters is 8. The Morgan fingerprint density at radius 1 is 0.462 bits per heavy atom. The van der Waals surface area contributed by atoms with E-state index in [9.17, 15) is 43.2 Å². The summed E-state index contributed by atoms with van der Waals surface area (Å²) in [5.41, 5.74) is 2.24. The molecular formula is C44H50O21. The van der Waals surface area contributed by atoms with Gasteiger partial charge in [-0.3, -0.25) is 38.4 Å². The van der Waals surface area contributed by atoms with Crippen LogP contribution in [0.3, 0.4) is 0 Å². The minimum absolute atomic E-state index is 0.0581. The first-order chi connectivity index (χ1) is 30.9. The average molecular weight is 915 g/mol. The van der Waals surface area contributed by atoms with Gasteiger partial charge in [0.25, 0.3) is 0 Å². The average Bonchev–Trinajstić information content (AvgIpc) is 3.51. The fourth-order valence-electron chi connectivity index (χ4n) is 7.53. The lowest BCUT2D eigenvalue weighted by atomic mass is 9.97. The van der Waals surface area contributed by atoms with Crippen molar-refractivity contribution in [3.05, 3.63) is 59.2 Å². The summed E-state index contributed by atoms with van der Waals surface area (Å²) >= 11 is 0. The van der Waals surface area contributed by atoms with E-state index in [0.717, 1.165) is 48.5 Å². The third-order valence-electron chi connectivity index (χ3n) is 9.89. The molecule has 21 nitrogen and oxygen atoms in total. The molecule has 0 saturated carbocycles. The van der Waals surface area contributed by atoms with Crippen molar-refractivity contribution in [2.75, 3.05) is 26.4 Å². The van der Waals surface area contributed by atoms with Crippen LogP contribution in [0.15, 0.2) is 42.5 Å². The van der Waals surface area contributed by atoms with Crippen molar-refractivity contribution in [3.8, 4) is 11.1 Å². The molecule has 2 aromatic rings. The van der Waals surface area contributed by atoms with Gasteiger partial charge in [0.05, 0.1) is 25.4 Å². The Balaban J connectivity index is 1.34. The van der Waals surface area contributed by atoms with Gasteiger partial charge in [0.2, 0.25) is 0 Å². The van der Waals surface area contributed by atoms with Gasteiger partial charge in [0.15, 0.2) is 55.0 Å².